The average molecular weight is 310 g/mol. The first-order chi connectivity index (χ1) is 8.55. The number of nitro groups is 3. The van der Waals surface area contributed by atoms with Crippen LogP contribution in [-0.2, 0) is 10.1 Å². The van der Waals surface area contributed by atoms with Crippen LogP contribution in [0.25, 0.3) is 0 Å². The Balaban J connectivity index is 0.00000361. The van der Waals surface area contributed by atoms with Gasteiger partial charge in [0.25, 0.3) is 5.69 Å². The van der Waals surface area contributed by atoms with Crippen molar-refractivity contribution >= 4 is 27.2 Å². The predicted octanol–water partition coefficient (Wildman–Crippen LogP) is 0.691. The Kier molecular flexibility index (Phi) is 4.76. The van der Waals surface area contributed by atoms with Gasteiger partial charge < -0.3 is 10.7 Å². The summed E-state index contributed by atoms with van der Waals surface area (Å²) in [6, 6.07) is 0.329. The Bertz CT molecular complexity index is 661. The molecule has 0 saturated carbocycles. The van der Waals surface area contributed by atoms with Crippen molar-refractivity contribution in [3.63, 3.8) is 0 Å². The van der Waals surface area contributed by atoms with Gasteiger partial charge in [-0.25, -0.2) is 8.42 Å². The number of rotatable bonds is 4. The lowest BCUT2D eigenvalue weighted by atomic mass is 10.2. The molecule has 0 aliphatic heterocycles. The zero-order valence-electron chi connectivity index (χ0n) is 9.58. The molecule has 0 aromatic heterocycles. The van der Waals surface area contributed by atoms with Gasteiger partial charge in [-0.15, -0.1) is 0 Å². The van der Waals surface area contributed by atoms with Gasteiger partial charge >= 0.3 is 11.4 Å². The molecule has 14 heteroatoms. The molecule has 0 radical (unpaired) electrons. The highest BCUT2D eigenvalue weighted by molar-refractivity contribution is 7.86. The number of non-ortho nitro benzene ring substituents is 1. The van der Waals surface area contributed by atoms with Gasteiger partial charge in [0, 0.05) is 0 Å². The van der Waals surface area contributed by atoms with Crippen LogP contribution in [0.15, 0.2) is 17.0 Å². The first-order valence-corrected chi connectivity index (χ1v) is 5.53. The van der Waals surface area contributed by atoms with E-state index in [9.17, 15) is 43.3 Å². The van der Waals surface area contributed by atoms with Crippen LogP contribution in [0, 0.1) is 30.3 Å². The topological polar surface area (TPSA) is 223 Å². The monoisotopic (exact) mass is 310 g/mol. The fourth-order valence-corrected chi connectivity index (χ4v) is 2.00. The van der Waals surface area contributed by atoms with E-state index in [-0.39, 0.29) is 18.3 Å². The van der Waals surface area contributed by atoms with Crippen molar-refractivity contribution in [2.75, 3.05) is 0 Å². The summed E-state index contributed by atoms with van der Waals surface area (Å²) in [6.45, 7) is 0. The second-order valence-corrected chi connectivity index (χ2v) is 4.36. The maximum Gasteiger partial charge on any atom is 0.300 e. The largest absolute Gasteiger partial charge is 0.744 e. The average Bonchev–Trinajstić information content (AvgIpc) is 2.25. The maximum atomic E-state index is 10.8. The number of quaternary nitrogens is 1. The molecule has 0 fully saturated rings. The van der Waals surface area contributed by atoms with Gasteiger partial charge in [0.2, 0.25) is 4.90 Å². The molecule has 1 aromatic carbocycles. The summed E-state index contributed by atoms with van der Waals surface area (Å²) in [6.07, 6.45) is 0. The van der Waals surface area contributed by atoms with Crippen LogP contribution >= 0.6 is 0 Å². The van der Waals surface area contributed by atoms with Crippen LogP contribution in [0.3, 0.4) is 0 Å². The molecule has 0 spiro atoms. The van der Waals surface area contributed by atoms with E-state index < -0.39 is 46.8 Å². The molecule has 4 N–H and O–H groups in total. The number of hydrogen-bond donors (Lipinski definition) is 1. The van der Waals surface area contributed by atoms with Gasteiger partial charge in [-0.3, -0.25) is 30.3 Å². The second-order valence-electron chi connectivity index (χ2n) is 3.04. The zero-order chi connectivity index (χ0) is 15.0. The Morgan fingerprint density at radius 2 is 1.20 bits per heavy atom. The van der Waals surface area contributed by atoms with E-state index in [2.05, 4.69) is 0 Å². The Hall–Kier alpha value is -2.71. The number of nitro benzene ring substituents is 3. The Morgan fingerprint density at radius 3 is 1.40 bits per heavy atom. The standard InChI is InChI=1S/C6H3N3O9S.H3N/c10-7(11)3-1-4(8(12)13)6(19(16,17)18)5(2-3)9(14)15;/h1-2H,(H,16,17,18);1H3. The van der Waals surface area contributed by atoms with E-state index in [0.29, 0.717) is 0 Å². The minimum absolute atomic E-state index is 0. The van der Waals surface area contributed by atoms with E-state index in [1.54, 1.807) is 0 Å². The highest BCUT2D eigenvalue weighted by Crippen LogP contribution is 2.36. The minimum Gasteiger partial charge on any atom is -0.744 e. The lowest BCUT2D eigenvalue weighted by Crippen LogP contribution is -2.08. The van der Waals surface area contributed by atoms with Crippen LogP contribution in [-0.4, -0.2) is 27.7 Å². The van der Waals surface area contributed by atoms with E-state index in [1.165, 1.54) is 0 Å². The van der Waals surface area contributed by atoms with Gasteiger partial charge in [0.1, 0.15) is 10.1 Å². The molecule has 0 atom stereocenters. The molecule has 0 aliphatic rings. The van der Waals surface area contributed by atoms with Crippen molar-refractivity contribution in [1.29, 1.82) is 0 Å². The van der Waals surface area contributed by atoms with E-state index >= 15 is 0 Å². The quantitative estimate of drug-likeness (QED) is 0.468. The molecular formula is C6H6N4O9S. The number of hydrogen-bond acceptors (Lipinski definition) is 9. The van der Waals surface area contributed by atoms with Crippen molar-refractivity contribution in [1.82, 2.24) is 6.15 Å². The van der Waals surface area contributed by atoms with Gasteiger partial charge in [0.15, 0.2) is 0 Å². The van der Waals surface area contributed by atoms with Crippen molar-refractivity contribution < 1.29 is 27.7 Å². The van der Waals surface area contributed by atoms with Gasteiger partial charge in [0.05, 0.1) is 26.9 Å². The molecule has 13 nitrogen and oxygen atoms in total. The fourth-order valence-electron chi connectivity index (χ4n) is 1.22. The smallest absolute Gasteiger partial charge is 0.300 e. The Morgan fingerprint density at radius 1 is 0.850 bits per heavy atom. The second kappa shape index (κ2) is 5.51. The summed E-state index contributed by atoms with van der Waals surface area (Å²) in [7, 11) is -5.55. The molecule has 0 heterocycles. The lowest BCUT2D eigenvalue weighted by Gasteiger charge is -2.07. The van der Waals surface area contributed by atoms with Gasteiger partial charge in [-0.2, -0.15) is 0 Å². The third-order valence-corrected chi connectivity index (χ3v) is 2.81. The van der Waals surface area contributed by atoms with Crippen molar-refractivity contribution in [3.05, 3.63) is 42.5 Å². The van der Waals surface area contributed by atoms with Crippen LogP contribution < -0.4 is 6.15 Å². The molecule has 0 aliphatic carbocycles. The van der Waals surface area contributed by atoms with E-state index in [4.69, 9.17) is 0 Å². The molecule has 0 saturated heterocycles. The predicted molar refractivity (Wildman–Crippen MR) is 60.4 cm³/mol. The molecule has 1 aromatic rings. The molecule has 1 rings (SSSR count). The lowest BCUT2D eigenvalue weighted by molar-refractivity contribution is -0.407. The SMILES string of the molecule is O=[N+]([O-])c1cc([N+](=O)[O-])c(S(=O)(=O)[O-])c([N+](=O)[O-])c1.[NH4+]. The van der Waals surface area contributed by atoms with Gasteiger partial charge in [-0.1, -0.05) is 0 Å². The van der Waals surface area contributed by atoms with Crippen molar-refractivity contribution in [3.8, 4) is 0 Å². The highest BCUT2D eigenvalue weighted by atomic mass is 32.2. The Labute approximate surface area is 109 Å². The first-order valence-electron chi connectivity index (χ1n) is 4.13. The molecule has 0 amide bonds. The summed E-state index contributed by atoms with van der Waals surface area (Å²) < 4.78 is 32.5. The minimum atomic E-state index is -5.55. The fraction of sp³-hybridized carbons (Fsp3) is 0. The first kappa shape index (κ1) is 17.3. The third-order valence-electron chi connectivity index (χ3n) is 1.89. The van der Waals surface area contributed by atoms with Crippen LogP contribution in [0.2, 0.25) is 0 Å². The molecule has 0 bridgehead atoms. The highest BCUT2D eigenvalue weighted by Gasteiger charge is 2.34. The van der Waals surface area contributed by atoms with Crippen molar-refractivity contribution in [2.24, 2.45) is 0 Å². The molecular weight excluding hydrogens is 304 g/mol. The molecule has 110 valence electrons. The number of benzene rings is 1. The van der Waals surface area contributed by atoms with Crippen LogP contribution in [0.4, 0.5) is 17.1 Å². The van der Waals surface area contributed by atoms with Crippen LogP contribution in [0.5, 0.6) is 0 Å². The normalized spacial score (nSPS) is 10.4. The van der Waals surface area contributed by atoms with Crippen LogP contribution in [0.1, 0.15) is 0 Å². The summed E-state index contributed by atoms with van der Waals surface area (Å²) in [5.74, 6) is 0. The third kappa shape index (κ3) is 3.19. The number of nitrogens with zero attached hydrogens (tertiary/aromatic N) is 3. The summed E-state index contributed by atoms with van der Waals surface area (Å²) in [5, 5.41) is 31.6. The van der Waals surface area contributed by atoms with Gasteiger partial charge in [-0.05, 0) is 0 Å². The maximum absolute atomic E-state index is 10.8. The summed E-state index contributed by atoms with van der Waals surface area (Å²) >= 11 is 0. The zero-order valence-corrected chi connectivity index (χ0v) is 10.4. The molecule has 0 unspecified atom stereocenters. The summed E-state index contributed by atoms with van der Waals surface area (Å²) in [4.78, 5) is 25.8. The molecule has 20 heavy (non-hydrogen) atoms. The summed E-state index contributed by atoms with van der Waals surface area (Å²) in [5.41, 5.74) is -4.11. The van der Waals surface area contributed by atoms with E-state index in [1.807, 2.05) is 0 Å². The van der Waals surface area contributed by atoms with E-state index in [0.717, 1.165) is 0 Å². The van der Waals surface area contributed by atoms with Crippen molar-refractivity contribution in [2.45, 2.75) is 4.90 Å².